The number of nitrogens with zero attached hydrogens (tertiary/aromatic N) is 3. The Kier molecular flexibility index (Phi) is 10.8. The van der Waals surface area contributed by atoms with E-state index in [-0.39, 0.29) is 24.0 Å². The van der Waals surface area contributed by atoms with E-state index in [1.807, 2.05) is 7.05 Å². The first-order valence-electron chi connectivity index (χ1n) is 11.3. The Morgan fingerprint density at radius 3 is 2.45 bits per heavy atom. The Morgan fingerprint density at radius 2 is 1.84 bits per heavy atom. The first kappa shape index (κ1) is 25.6. The highest BCUT2D eigenvalue weighted by atomic mass is 127. The number of hydrogen-bond donors (Lipinski definition) is 2. The number of aryl methyl sites for hydroxylation is 3. The van der Waals surface area contributed by atoms with Crippen LogP contribution in [-0.4, -0.2) is 42.7 Å². The molecule has 1 aromatic heterocycles. The van der Waals surface area contributed by atoms with Crippen LogP contribution in [0.25, 0.3) is 0 Å². The summed E-state index contributed by atoms with van der Waals surface area (Å²) in [4.78, 5) is 6.96. The largest absolute Gasteiger partial charge is 0.361 e. The molecule has 0 amide bonds. The standard InChI is InChI=1S/C24H37N5O.HI/c1-5-22-21(23(6-2)30-28-22)16-27-24(25-4)26-15-19-11-13-29(14-12-19)17-20-9-7-18(3)8-10-20;/h7-10,19H,5-6,11-17H2,1-4H3,(H2,25,26,27);1H. The molecular formula is C24H38IN5O. The van der Waals surface area contributed by atoms with E-state index < -0.39 is 0 Å². The van der Waals surface area contributed by atoms with Crippen molar-refractivity contribution in [3.05, 3.63) is 52.4 Å². The minimum Gasteiger partial charge on any atom is -0.361 e. The van der Waals surface area contributed by atoms with Crippen molar-refractivity contribution in [3.63, 3.8) is 0 Å². The second kappa shape index (κ2) is 13.1. The molecule has 6 nitrogen and oxygen atoms in total. The maximum atomic E-state index is 5.46. The number of halogens is 1. The third kappa shape index (κ3) is 7.49. The molecule has 0 unspecified atom stereocenters. The number of rotatable bonds is 8. The van der Waals surface area contributed by atoms with Gasteiger partial charge in [-0.2, -0.15) is 0 Å². The molecule has 1 fully saturated rings. The average molecular weight is 540 g/mol. The van der Waals surface area contributed by atoms with Gasteiger partial charge in [0.15, 0.2) is 5.96 Å². The maximum Gasteiger partial charge on any atom is 0.191 e. The van der Waals surface area contributed by atoms with Gasteiger partial charge in [-0.15, -0.1) is 24.0 Å². The van der Waals surface area contributed by atoms with E-state index in [4.69, 9.17) is 4.52 Å². The van der Waals surface area contributed by atoms with Gasteiger partial charge in [-0.1, -0.05) is 48.8 Å². The van der Waals surface area contributed by atoms with E-state index in [0.717, 1.165) is 56.4 Å². The van der Waals surface area contributed by atoms with Crippen LogP contribution in [0.3, 0.4) is 0 Å². The van der Waals surface area contributed by atoms with E-state index in [0.29, 0.717) is 12.5 Å². The summed E-state index contributed by atoms with van der Waals surface area (Å²) in [5.74, 6) is 2.50. The van der Waals surface area contributed by atoms with Gasteiger partial charge in [0.25, 0.3) is 0 Å². The van der Waals surface area contributed by atoms with Crippen molar-refractivity contribution in [2.45, 2.75) is 59.5 Å². The van der Waals surface area contributed by atoms with Gasteiger partial charge >= 0.3 is 0 Å². The van der Waals surface area contributed by atoms with Gasteiger partial charge in [-0.25, -0.2) is 0 Å². The fourth-order valence-electron chi connectivity index (χ4n) is 4.07. The Labute approximate surface area is 204 Å². The third-order valence-corrected chi connectivity index (χ3v) is 6.06. The van der Waals surface area contributed by atoms with Crippen LogP contribution in [0, 0.1) is 12.8 Å². The molecule has 1 aliphatic rings. The Balaban J connectivity index is 0.00000341. The molecule has 0 bridgehead atoms. The van der Waals surface area contributed by atoms with Gasteiger partial charge in [0.1, 0.15) is 5.76 Å². The van der Waals surface area contributed by atoms with Gasteiger partial charge < -0.3 is 15.2 Å². The monoisotopic (exact) mass is 539 g/mol. The van der Waals surface area contributed by atoms with Crippen molar-refractivity contribution in [2.24, 2.45) is 10.9 Å². The van der Waals surface area contributed by atoms with Crippen molar-refractivity contribution in [3.8, 4) is 0 Å². The summed E-state index contributed by atoms with van der Waals surface area (Å²) in [6, 6.07) is 8.92. The van der Waals surface area contributed by atoms with Gasteiger partial charge in [-0.3, -0.25) is 9.89 Å². The summed E-state index contributed by atoms with van der Waals surface area (Å²) < 4.78 is 5.46. The minimum absolute atomic E-state index is 0. The lowest BCUT2D eigenvalue weighted by Gasteiger charge is -2.32. The first-order valence-corrected chi connectivity index (χ1v) is 11.3. The van der Waals surface area contributed by atoms with Crippen LogP contribution in [-0.2, 0) is 25.9 Å². The van der Waals surface area contributed by atoms with Crippen molar-refractivity contribution in [1.29, 1.82) is 0 Å². The summed E-state index contributed by atoms with van der Waals surface area (Å²) in [5.41, 5.74) is 4.95. The zero-order chi connectivity index (χ0) is 21.3. The summed E-state index contributed by atoms with van der Waals surface area (Å²) in [7, 11) is 1.83. The lowest BCUT2D eigenvalue weighted by atomic mass is 9.96. The number of guanidine groups is 1. The number of aliphatic imine (C=N–C) groups is 1. The van der Waals surface area contributed by atoms with Crippen LogP contribution in [0.2, 0.25) is 0 Å². The summed E-state index contributed by atoms with van der Waals surface area (Å²) >= 11 is 0. The van der Waals surface area contributed by atoms with Gasteiger partial charge in [0.2, 0.25) is 0 Å². The molecule has 1 aromatic carbocycles. The smallest absolute Gasteiger partial charge is 0.191 e. The molecule has 7 heteroatoms. The fraction of sp³-hybridized carbons (Fsp3) is 0.583. The number of aromatic nitrogens is 1. The van der Waals surface area contributed by atoms with E-state index >= 15 is 0 Å². The van der Waals surface area contributed by atoms with Crippen LogP contribution in [0.15, 0.2) is 33.8 Å². The molecule has 0 radical (unpaired) electrons. The molecule has 31 heavy (non-hydrogen) atoms. The molecule has 0 spiro atoms. The molecule has 2 N–H and O–H groups in total. The first-order chi connectivity index (χ1) is 14.6. The Hall–Kier alpha value is -1.61. The van der Waals surface area contributed by atoms with E-state index in [2.05, 4.69) is 70.7 Å². The Morgan fingerprint density at radius 1 is 1.13 bits per heavy atom. The summed E-state index contributed by atoms with van der Waals surface area (Å²) in [6.07, 6.45) is 4.19. The van der Waals surface area contributed by atoms with E-state index in [1.165, 1.54) is 29.5 Å². The van der Waals surface area contributed by atoms with Crippen molar-refractivity contribution in [2.75, 3.05) is 26.7 Å². The molecule has 1 saturated heterocycles. The predicted molar refractivity (Wildman–Crippen MR) is 138 cm³/mol. The van der Waals surface area contributed by atoms with Crippen LogP contribution < -0.4 is 10.6 Å². The summed E-state index contributed by atoms with van der Waals surface area (Å²) in [5, 5.41) is 11.1. The van der Waals surface area contributed by atoms with Crippen molar-refractivity contribution >= 4 is 29.9 Å². The SMILES string of the molecule is CCc1noc(CC)c1CNC(=NC)NCC1CCN(Cc2ccc(C)cc2)CC1.I. The summed E-state index contributed by atoms with van der Waals surface area (Å²) in [6.45, 7) is 11.4. The zero-order valence-electron chi connectivity index (χ0n) is 19.4. The number of likely N-dealkylation sites (tertiary alicyclic amines) is 1. The number of piperidine rings is 1. The normalized spacial score (nSPS) is 15.5. The zero-order valence-corrected chi connectivity index (χ0v) is 21.7. The Bertz CT molecular complexity index is 788. The van der Waals surface area contributed by atoms with E-state index in [9.17, 15) is 0 Å². The van der Waals surface area contributed by atoms with Crippen LogP contribution in [0.1, 0.15) is 54.8 Å². The number of benzene rings is 1. The molecule has 0 saturated carbocycles. The second-order valence-electron chi connectivity index (χ2n) is 8.25. The quantitative estimate of drug-likeness (QED) is 0.298. The lowest BCUT2D eigenvalue weighted by molar-refractivity contribution is 0.178. The molecule has 172 valence electrons. The van der Waals surface area contributed by atoms with Crippen LogP contribution >= 0.6 is 24.0 Å². The average Bonchev–Trinajstić information content (AvgIpc) is 3.18. The van der Waals surface area contributed by atoms with E-state index in [1.54, 1.807) is 0 Å². The van der Waals surface area contributed by atoms with Crippen molar-refractivity contribution in [1.82, 2.24) is 20.7 Å². The van der Waals surface area contributed by atoms with Gasteiger partial charge in [-0.05, 0) is 50.8 Å². The minimum atomic E-state index is 0. The number of hydrogen-bond acceptors (Lipinski definition) is 4. The topological polar surface area (TPSA) is 65.7 Å². The third-order valence-electron chi connectivity index (χ3n) is 6.06. The lowest BCUT2D eigenvalue weighted by Crippen LogP contribution is -2.42. The number of nitrogens with one attached hydrogen (secondary N) is 2. The van der Waals surface area contributed by atoms with Crippen LogP contribution in [0.4, 0.5) is 0 Å². The van der Waals surface area contributed by atoms with Gasteiger partial charge in [0.05, 0.1) is 5.69 Å². The second-order valence-corrected chi connectivity index (χ2v) is 8.25. The fourth-order valence-corrected chi connectivity index (χ4v) is 4.07. The molecule has 0 aliphatic carbocycles. The molecule has 1 aliphatic heterocycles. The highest BCUT2D eigenvalue weighted by molar-refractivity contribution is 14.0. The highest BCUT2D eigenvalue weighted by Crippen LogP contribution is 2.19. The molecule has 3 rings (SSSR count). The molecule has 2 aromatic rings. The van der Waals surface area contributed by atoms with Crippen LogP contribution in [0.5, 0.6) is 0 Å². The maximum absolute atomic E-state index is 5.46. The molecular weight excluding hydrogens is 501 g/mol. The van der Waals surface area contributed by atoms with Crippen molar-refractivity contribution < 1.29 is 4.52 Å². The molecule has 2 heterocycles. The highest BCUT2D eigenvalue weighted by Gasteiger charge is 2.20. The molecule has 0 atom stereocenters. The predicted octanol–water partition coefficient (Wildman–Crippen LogP) is 4.30. The van der Waals surface area contributed by atoms with Gasteiger partial charge in [0, 0.05) is 38.7 Å².